The second-order valence-corrected chi connectivity index (χ2v) is 8.28. The number of fused-ring (bicyclic) bond motifs is 6. The summed E-state index contributed by atoms with van der Waals surface area (Å²) in [7, 11) is 1.92. The lowest BCUT2D eigenvalue weighted by atomic mass is 9.95. The van der Waals surface area contributed by atoms with E-state index in [1.807, 2.05) is 19.2 Å². The average molecular weight is 429 g/mol. The number of benzene rings is 3. The van der Waals surface area contributed by atoms with E-state index in [9.17, 15) is 5.41 Å². The molecule has 0 amide bonds. The highest BCUT2D eigenvalue weighted by molar-refractivity contribution is 6.13. The number of rotatable bonds is 3. The van der Waals surface area contributed by atoms with Crippen molar-refractivity contribution in [3.05, 3.63) is 115 Å². The predicted molar refractivity (Wildman–Crippen MR) is 139 cm³/mol. The fraction of sp³-hybridized carbons (Fsp3) is 0.0690. The van der Waals surface area contributed by atoms with E-state index in [-0.39, 0.29) is 6.04 Å². The number of anilines is 1. The molecule has 4 heteroatoms. The summed E-state index contributed by atoms with van der Waals surface area (Å²) in [6.45, 7) is 0. The Kier molecular flexibility index (Phi) is 4.51. The molecule has 1 atom stereocenters. The lowest BCUT2D eigenvalue weighted by molar-refractivity contribution is 0.950. The first-order valence-electron chi connectivity index (χ1n) is 11.2. The van der Waals surface area contributed by atoms with Crippen LogP contribution in [0.2, 0.25) is 0 Å². The lowest BCUT2D eigenvalue weighted by Gasteiger charge is -2.35. The van der Waals surface area contributed by atoms with E-state index in [2.05, 4.69) is 112 Å². The minimum atomic E-state index is -0.00935. The smallest absolute Gasteiger partial charge is 0.129 e. The third-order valence-corrected chi connectivity index (χ3v) is 6.43. The molecule has 1 aliphatic heterocycles. The molecule has 0 spiro atoms. The van der Waals surface area contributed by atoms with Gasteiger partial charge < -0.3 is 10.2 Å². The van der Waals surface area contributed by atoms with Gasteiger partial charge in [-0.25, -0.2) is 0 Å². The Morgan fingerprint density at radius 1 is 0.879 bits per heavy atom. The van der Waals surface area contributed by atoms with Gasteiger partial charge in [0.15, 0.2) is 0 Å². The summed E-state index contributed by atoms with van der Waals surface area (Å²) in [5, 5.41) is 14.9. The molecule has 1 aliphatic carbocycles. The Balaban J connectivity index is 1.51. The van der Waals surface area contributed by atoms with Crippen LogP contribution >= 0.6 is 0 Å². The molecule has 0 radical (unpaired) electrons. The van der Waals surface area contributed by atoms with E-state index in [0.717, 1.165) is 28.1 Å². The van der Waals surface area contributed by atoms with Crippen molar-refractivity contribution in [1.29, 1.82) is 5.41 Å². The molecule has 3 aromatic carbocycles. The van der Waals surface area contributed by atoms with Crippen LogP contribution in [0.25, 0.3) is 33.2 Å². The summed E-state index contributed by atoms with van der Waals surface area (Å²) >= 11 is 0. The van der Waals surface area contributed by atoms with Crippen molar-refractivity contribution in [3.63, 3.8) is 0 Å². The summed E-state index contributed by atoms with van der Waals surface area (Å²) in [5.74, 6) is 1.29. The van der Waals surface area contributed by atoms with Gasteiger partial charge in [-0.1, -0.05) is 78.9 Å². The molecule has 1 aromatic heterocycles. The van der Waals surface area contributed by atoms with E-state index >= 15 is 0 Å². The first kappa shape index (κ1) is 19.4. The molecule has 2 N–H and O–H groups in total. The number of nitrogens with zero attached hydrogens (tertiary/aromatic N) is 2. The van der Waals surface area contributed by atoms with Crippen LogP contribution in [-0.2, 0) is 0 Å². The molecule has 2 bridgehead atoms. The monoisotopic (exact) mass is 428 g/mol. The van der Waals surface area contributed by atoms with E-state index in [4.69, 9.17) is 0 Å². The highest BCUT2D eigenvalue weighted by Crippen LogP contribution is 2.37. The maximum Gasteiger partial charge on any atom is 0.129 e. The van der Waals surface area contributed by atoms with Crippen LogP contribution in [0.1, 0.15) is 5.56 Å². The second-order valence-electron chi connectivity index (χ2n) is 8.28. The molecule has 0 saturated carbocycles. The van der Waals surface area contributed by atoms with Crippen LogP contribution in [0.5, 0.6) is 0 Å². The Morgan fingerprint density at radius 2 is 1.55 bits per heavy atom. The summed E-state index contributed by atoms with van der Waals surface area (Å²) < 4.78 is 2.21. The molecule has 0 fully saturated rings. The van der Waals surface area contributed by atoms with Gasteiger partial charge >= 0.3 is 0 Å². The topological polar surface area (TPSA) is 44.1 Å². The Labute approximate surface area is 193 Å². The Hall–Kier alpha value is -4.31. The molecule has 33 heavy (non-hydrogen) atoms. The van der Waals surface area contributed by atoms with Gasteiger partial charge in [0.05, 0.1) is 22.8 Å². The van der Waals surface area contributed by atoms with Gasteiger partial charge in [0, 0.05) is 29.5 Å². The predicted octanol–water partition coefficient (Wildman–Crippen LogP) is 6.19. The SMILES string of the molecule is CN/C(=C\C(=N)N1c2ccccc2C2=CC1C=CC=C2)n1c2ccccc2c2ccccc21. The minimum Gasteiger partial charge on any atom is -0.374 e. The van der Waals surface area contributed by atoms with E-state index in [1.165, 1.54) is 16.3 Å². The first-order chi connectivity index (χ1) is 16.3. The number of nitrogens with one attached hydrogen (secondary N) is 2. The van der Waals surface area contributed by atoms with Crippen LogP contribution in [0.15, 0.2) is 109 Å². The fourth-order valence-electron chi connectivity index (χ4n) is 4.98. The largest absolute Gasteiger partial charge is 0.374 e. The molecule has 6 rings (SSSR count). The molecular formula is C29H24N4. The maximum atomic E-state index is 9.17. The third-order valence-electron chi connectivity index (χ3n) is 6.43. The summed E-state index contributed by atoms with van der Waals surface area (Å²) in [6.07, 6.45) is 12.6. The standard InChI is InChI=1S/C29H24N4/c1-31-29(33-26-16-8-5-13-23(26)24-14-6-9-17-27(24)33)19-28(30)32-21-11-3-2-10-20(18-21)22-12-4-7-15-25(22)32/h2-19,21,30-31H,1H3/b29-19+,30-28?. The lowest BCUT2D eigenvalue weighted by Crippen LogP contribution is -2.40. The molecule has 1 unspecified atom stereocenters. The van der Waals surface area contributed by atoms with Gasteiger partial charge in [0.1, 0.15) is 11.7 Å². The van der Waals surface area contributed by atoms with Crippen molar-refractivity contribution in [1.82, 2.24) is 9.88 Å². The zero-order chi connectivity index (χ0) is 22.4. The minimum absolute atomic E-state index is 0.00935. The van der Waals surface area contributed by atoms with Crippen LogP contribution in [0, 0.1) is 5.41 Å². The molecule has 160 valence electrons. The quantitative estimate of drug-likeness (QED) is 0.302. The fourth-order valence-corrected chi connectivity index (χ4v) is 4.98. The number of hydrogen-bond donors (Lipinski definition) is 2. The van der Waals surface area contributed by atoms with Crippen LogP contribution in [0.4, 0.5) is 5.69 Å². The number of hydrogen-bond acceptors (Lipinski definition) is 2. The number of aromatic nitrogens is 1. The summed E-state index contributed by atoms with van der Waals surface area (Å²) in [6, 6.07) is 25.2. The van der Waals surface area contributed by atoms with Gasteiger partial charge in [-0.05, 0) is 29.8 Å². The number of allylic oxidation sites excluding steroid dienone is 4. The van der Waals surface area contributed by atoms with E-state index in [1.54, 1.807) is 0 Å². The van der Waals surface area contributed by atoms with E-state index < -0.39 is 0 Å². The zero-order valence-corrected chi connectivity index (χ0v) is 18.4. The van der Waals surface area contributed by atoms with Crippen molar-refractivity contribution in [2.75, 3.05) is 11.9 Å². The Morgan fingerprint density at radius 3 is 2.27 bits per heavy atom. The van der Waals surface area contributed by atoms with Gasteiger partial charge in [-0.3, -0.25) is 9.98 Å². The highest BCUT2D eigenvalue weighted by Gasteiger charge is 2.27. The molecule has 4 nitrogen and oxygen atoms in total. The highest BCUT2D eigenvalue weighted by atomic mass is 15.2. The van der Waals surface area contributed by atoms with Crippen molar-refractivity contribution in [2.45, 2.75) is 6.04 Å². The summed E-state index contributed by atoms with van der Waals surface area (Å²) in [5.41, 5.74) is 5.63. The van der Waals surface area contributed by atoms with Gasteiger partial charge in [0.2, 0.25) is 0 Å². The van der Waals surface area contributed by atoms with Gasteiger partial charge in [0.25, 0.3) is 0 Å². The number of para-hydroxylation sites is 3. The van der Waals surface area contributed by atoms with Crippen molar-refractivity contribution < 1.29 is 0 Å². The van der Waals surface area contributed by atoms with Gasteiger partial charge in [-0.2, -0.15) is 0 Å². The molecular weight excluding hydrogens is 404 g/mol. The molecule has 2 heterocycles. The normalized spacial score (nSPS) is 17.1. The maximum absolute atomic E-state index is 9.17. The Bertz CT molecular complexity index is 1480. The molecule has 0 saturated heterocycles. The first-order valence-corrected chi connectivity index (χ1v) is 11.2. The molecule has 2 aliphatic rings. The number of amidine groups is 1. The second kappa shape index (κ2) is 7.68. The van der Waals surface area contributed by atoms with Crippen LogP contribution in [0.3, 0.4) is 0 Å². The van der Waals surface area contributed by atoms with Gasteiger partial charge in [-0.15, -0.1) is 0 Å². The van der Waals surface area contributed by atoms with Crippen molar-refractivity contribution >= 4 is 44.7 Å². The summed E-state index contributed by atoms with van der Waals surface area (Å²) in [4.78, 5) is 2.09. The molecule has 4 aromatic rings. The van der Waals surface area contributed by atoms with Crippen LogP contribution in [-0.4, -0.2) is 23.5 Å². The van der Waals surface area contributed by atoms with Crippen molar-refractivity contribution in [3.8, 4) is 0 Å². The van der Waals surface area contributed by atoms with Crippen molar-refractivity contribution in [2.24, 2.45) is 0 Å². The van der Waals surface area contributed by atoms with E-state index in [0.29, 0.717) is 5.84 Å². The third kappa shape index (κ3) is 3.03. The van der Waals surface area contributed by atoms with Crippen LogP contribution < -0.4 is 10.2 Å². The zero-order valence-electron chi connectivity index (χ0n) is 18.4. The average Bonchev–Trinajstić information content (AvgIpc) is 3.04.